The number of ether oxygens (including phenoxy) is 1. The number of carbonyl (C=O) groups excluding carboxylic acids is 2. The Morgan fingerprint density at radius 2 is 1.95 bits per heavy atom. The number of likely N-dealkylation sites (N-methyl/N-ethyl adjacent to an activating group) is 1. The van der Waals surface area contributed by atoms with Crippen LogP contribution < -0.4 is 15.8 Å². The maximum absolute atomic E-state index is 13.6. The Morgan fingerprint density at radius 3 is 2.63 bits per heavy atom. The van der Waals surface area contributed by atoms with E-state index in [-0.39, 0.29) is 30.0 Å². The highest BCUT2D eigenvalue weighted by Crippen LogP contribution is 2.30. The molecular weight excluding hydrogens is 518 g/mol. The summed E-state index contributed by atoms with van der Waals surface area (Å²) in [4.78, 5) is 47.5. The number of aryl methyl sites for hydroxylation is 2. The van der Waals surface area contributed by atoms with E-state index in [9.17, 15) is 14.4 Å². The predicted molar refractivity (Wildman–Crippen MR) is 161 cm³/mol. The Bertz CT molecular complexity index is 1410. The fourth-order valence-electron chi connectivity index (χ4n) is 5.63. The second kappa shape index (κ2) is 13.7. The van der Waals surface area contributed by atoms with Crippen LogP contribution in [0.1, 0.15) is 51.7 Å². The van der Waals surface area contributed by atoms with Gasteiger partial charge in [-0.05, 0) is 69.5 Å². The Labute approximate surface area is 242 Å². The van der Waals surface area contributed by atoms with Gasteiger partial charge < -0.3 is 24.8 Å². The second-order valence-corrected chi connectivity index (χ2v) is 10.7. The molecule has 0 radical (unpaired) electrons. The summed E-state index contributed by atoms with van der Waals surface area (Å²) in [6.07, 6.45) is 2.19. The number of rotatable bonds is 8. The number of aromatic amines is 1. The highest BCUT2D eigenvalue weighted by atomic mass is 16.5. The van der Waals surface area contributed by atoms with Crippen LogP contribution in [0.2, 0.25) is 0 Å². The van der Waals surface area contributed by atoms with Crippen LogP contribution in [-0.2, 0) is 16.1 Å². The summed E-state index contributed by atoms with van der Waals surface area (Å²) in [7, 11) is 0. The molecule has 0 spiro atoms. The topological polar surface area (TPSA) is 98.0 Å². The molecule has 0 aliphatic carbocycles. The lowest BCUT2D eigenvalue weighted by Gasteiger charge is -2.32. The van der Waals surface area contributed by atoms with Gasteiger partial charge in [-0.2, -0.15) is 0 Å². The van der Waals surface area contributed by atoms with Gasteiger partial charge in [-0.3, -0.25) is 19.3 Å². The Balaban J connectivity index is 1.64. The van der Waals surface area contributed by atoms with Crippen LogP contribution >= 0.6 is 0 Å². The first-order valence-corrected chi connectivity index (χ1v) is 14.3. The number of aromatic nitrogens is 1. The number of H-pyrrole nitrogens is 1. The van der Waals surface area contributed by atoms with Gasteiger partial charge in [-0.25, -0.2) is 0 Å². The monoisotopic (exact) mass is 559 g/mol. The molecule has 2 aromatic rings. The van der Waals surface area contributed by atoms with E-state index < -0.39 is 0 Å². The minimum atomic E-state index is -0.258. The van der Waals surface area contributed by atoms with E-state index in [1.54, 1.807) is 0 Å². The molecule has 9 heteroatoms. The number of nitrogens with one attached hydrogen (secondary N) is 2. The van der Waals surface area contributed by atoms with Gasteiger partial charge in [0.15, 0.2) is 0 Å². The molecular formula is C32H41N5O4. The number of pyridine rings is 1. The summed E-state index contributed by atoms with van der Waals surface area (Å²) in [5.41, 5.74) is 5.01. The minimum Gasteiger partial charge on any atom is -0.379 e. The van der Waals surface area contributed by atoms with Crippen molar-refractivity contribution >= 4 is 17.5 Å². The summed E-state index contributed by atoms with van der Waals surface area (Å²) in [6, 6.07) is 5.90. The molecule has 0 saturated carbocycles. The smallest absolute Gasteiger partial charge is 0.253 e. The molecule has 9 nitrogen and oxygen atoms in total. The molecule has 1 atom stereocenters. The summed E-state index contributed by atoms with van der Waals surface area (Å²) < 4.78 is 5.44. The molecule has 41 heavy (non-hydrogen) atoms. The standard InChI is InChI=1S/C32H41N5O4/c1-6-30(38)36-12-10-26(21-36)37(7-2)29-19-25(9-8-11-35-13-15-41-16-14-35)18-27(24(29)5)31(39)33-20-28-22(3)17-23(4)34-32(28)40/h6,17-19,26H,1,7,10-16,20-21H2,2-5H3,(H,33,39)(H,34,40). The van der Waals surface area contributed by atoms with Gasteiger partial charge in [0.25, 0.3) is 11.5 Å². The van der Waals surface area contributed by atoms with Crippen molar-refractivity contribution < 1.29 is 14.3 Å². The highest BCUT2D eigenvalue weighted by molar-refractivity contribution is 5.97. The van der Waals surface area contributed by atoms with E-state index >= 15 is 0 Å². The average molecular weight is 560 g/mol. The van der Waals surface area contributed by atoms with Gasteiger partial charge in [-0.15, -0.1) is 0 Å². The molecule has 2 saturated heterocycles. The van der Waals surface area contributed by atoms with Crippen molar-refractivity contribution in [2.24, 2.45) is 0 Å². The number of amides is 2. The lowest BCUT2D eigenvalue weighted by molar-refractivity contribution is -0.125. The van der Waals surface area contributed by atoms with Crippen LogP contribution in [0, 0.1) is 32.6 Å². The first-order valence-electron chi connectivity index (χ1n) is 14.3. The molecule has 1 unspecified atom stereocenters. The zero-order valence-electron chi connectivity index (χ0n) is 24.6. The molecule has 0 bridgehead atoms. The van der Waals surface area contributed by atoms with Gasteiger partial charge in [0.2, 0.25) is 5.91 Å². The Kier molecular flexibility index (Phi) is 10.0. The zero-order valence-corrected chi connectivity index (χ0v) is 24.6. The maximum Gasteiger partial charge on any atom is 0.253 e. The van der Waals surface area contributed by atoms with Gasteiger partial charge in [0.1, 0.15) is 0 Å². The number of likely N-dealkylation sites (tertiary alicyclic amines) is 1. The van der Waals surface area contributed by atoms with Crippen molar-refractivity contribution in [1.82, 2.24) is 20.1 Å². The quantitative estimate of drug-likeness (QED) is 0.381. The van der Waals surface area contributed by atoms with Crippen molar-refractivity contribution in [3.05, 3.63) is 74.7 Å². The molecule has 4 rings (SSSR count). The van der Waals surface area contributed by atoms with E-state index in [0.717, 1.165) is 47.6 Å². The van der Waals surface area contributed by atoms with Crippen molar-refractivity contribution in [3.8, 4) is 11.8 Å². The largest absolute Gasteiger partial charge is 0.379 e. The third-order valence-corrected chi connectivity index (χ3v) is 7.92. The molecule has 2 aliphatic heterocycles. The molecule has 2 fully saturated rings. The van der Waals surface area contributed by atoms with Crippen LogP contribution in [-0.4, -0.2) is 85.1 Å². The normalized spacial score (nSPS) is 17.1. The van der Waals surface area contributed by atoms with Crippen molar-refractivity contribution in [2.45, 2.75) is 46.7 Å². The summed E-state index contributed by atoms with van der Waals surface area (Å²) >= 11 is 0. The van der Waals surface area contributed by atoms with Gasteiger partial charge >= 0.3 is 0 Å². The molecule has 1 aromatic heterocycles. The maximum atomic E-state index is 13.6. The third kappa shape index (κ3) is 7.26. The first kappa shape index (κ1) is 30.1. The van der Waals surface area contributed by atoms with Crippen LogP contribution in [0.4, 0.5) is 5.69 Å². The number of anilines is 1. The first-order chi connectivity index (χ1) is 19.7. The predicted octanol–water partition coefficient (Wildman–Crippen LogP) is 2.53. The van der Waals surface area contributed by atoms with Gasteiger partial charge in [0.05, 0.1) is 19.8 Å². The van der Waals surface area contributed by atoms with E-state index in [1.165, 1.54) is 6.08 Å². The van der Waals surface area contributed by atoms with E-state index in [2.05, 4.69) is 51.5 Å². The van der Waals surface area contributed by atoms with Crippen LogP contribution in [0.15, 0.2) is 35.6 Å². The van der Waals surface area contributed by atoms with E-state index in [1.807, 2.05) is 37.8 Å². The number of hydrogen-bond donors (Lipinski definition) is 2. The molecule has 2 N–H and O–H groups in total. The highest BCUT2D eigenvalue weighted by Gasteiger charge is 2.30. The third-order valence-electron chi connectivity index (χ3n) is 7.92. The summed E-state index contributed by atoms with van der Waals surface area (Å²) in [5, 5.41) is 2.96. The van der Waals surface area contributed by atoms with Crippen molar-refractivity contribution in [3.63, 3.8) is 0 Å². The molecule has 2 aliphatic rings. The number of nitrogens with zero attached hydrogens (tertiary/aromatic N) is 3. The number of morpholine rings is 1. The second-order valence-electron chi connectivity index (χ2n) is 10.7. The van der Waals surface area contributed by atoms with Crippen LogP contribution in [0.25, 0.3) is 0 Å². The molecule has 3 heterocycles. The SMILES string of the molecule is C=CC(=O)N1CCC(N(CC)c2cc(C#CCN3CCOCC3)cc(C(=O)NCc3c(C)cc(C)[nH]c3=O)c2C)C1. The van der Waals surface area contributed by atoms with Crippen molar-refractivity contribution in [2.75, 3.05) is 57.4 Å². The Hall–Kier alpha value is -3.87. The number of carbonyl (C=O) groups is 2. The van der Waals surface area contributed by atoms with E-state index in [4.69, 9.17) is 4.74 Å². The van der Waals surface area contributed by atoms with Crippen LogP contribution in [0.5, 0.6) is 0 Å². The Morgan fingerprint density at radius 1 is 1.20 bits per heavy atom. The lowest BCUT2D eigenvalue weighted by Crippen LogP contribution is -2.39. The van der Waals surface area contributed by atoms with Gasteiger partial charge in [-0.1, -0.05) is 18.4 Å². The minimum absolute atomic E-state index is 0.0653. The molecule has 218 valence electrons. The molecule has 2 amide bonds. The average Bonchev–Trinajstić information content (AvgIpc) is 3.44. The zero-order chi connectivity index (χ0) is 29.5. The molecule has 1 aromatic carbocycles. The van der Waals surface area contributed by atoms with Crippen molar-refractivity contribution in [1.29, 1.82) is 0 Å². The summed E-state index contributed by atoms with van der Waals surface area (Å²) in [6.45, 7) is 17.2. The fourth-order valence-corrected chi connectivity index (χ4v) is 5.63. The van der Waals surface area contributed by atoms with Crippen LogP contribution in [0.3, 0.4) is 0 Å². The fraction of sp³-hybridized carbons (Fsp3) is 0.469. The van der Waals surface area contributed by atoms with E-state index in [0.29, 0.717) is 50.5 Å². The summed E-state index contributed by atoms with van der Waals surface area (Å²) in [5.74, 6) is 6.24. The van der Waals surface area contributed by atoms with Gasteiger partial charge in [0, 0.05) is 73.4 Å². The number of benzene rings is 1. The number of hydrogen-bond acceptors (Lipinski definition) is 6. The lowest BCUT2D eigenvalue weighted by atomic mass is 9.99.